The van der Waals surface area contributed by atoms with Crippen molar-refractivity contribution in [3.63, 3.8) is 0 Å². The van der Waals surface area contributed by atoms with Crippen LogP contribution in [-0.4, -0.2) is 4.57 Å². The van der Waals surface area contributed by atoms with E-state index in [1.807, 2.05) is 6.08 Å². The Kier molecular flexibility index (Phi) is 9.75. The van der Waals surface area contributed by atoms with E-state index in [1.165, 1.54) is 44.3 Å². The molecule has 2 nitrogen and oxygen atoms in total. The molecule has 0 fully saturated rings. The third-order valence-corrected chi connectivity index (χ3v) is 10.7. The maximum Gasteiger partial charge on any atom is 0.0541 e. The maximum absolute atomic E-state index is 4.21. The fraction of sp³-hybridized carbons (Fsp3) is 0.0182. The maximum atomic E-state index is 4.21. The highest BCUT2D eigenvalue weighted by Crippen LogP contribution is 2.39. The van der Waals surface area contributed by atoms with Crippen LogP contribution in [0.3, 0.4) is 0 Å². The minimum atomic E-state index is 1.09. The van der Waals surface area contributed by atoms with Crippen LogP contribution in [0.2, 0.25) is 0 Å². The predicted molar refractivity (Wildman–Crippen MR) is 245 cm³/mol. The molecule has 1 aromatic heterocycles. The van der Waals surface area contributed by atoms with E-state index in [4.69, 9.17) is 0 Å². The fourth-order valence-corrected chi connectivity index (χ4v) is 7.90. The molecule has 57 heavy (non-hydrogen) atoms. The van der Waals surface area contributed by atoms with Crippen LogP contribution in [0.4, 0.5) is 17.1 Å². The molecule has 0 radical (unpaired) electrons. The molecule has 0 bridgehead atoms. The lowest BCUT2D eigenvalue weighted by molar-refractivity contribution is 1.11. The van der Waals surface area contributed by atoms with Crippen molar-refractivity contribution < 1.29 is 0 Å². The largest absolute Gasteiger partial charge is 0.311 e. The Balaban J connectivity index is 1.06. The minimum Gasteiger partial charge on any atom is -0.311 e. The first-order valence-corrected chi connectivity index (χ1v) is 19.5. The van der Waals surface area contributed by atoms with Crippen LogP contribution >= 0.6 is 0 Å². The molecule has 0 saturated heterocycles. The first kappa shape index (κ1) is 35.3. The van der Waals surface area contributed by atoms with E-state index in [2.05, 4.69) is 241 Å². The van der Waals surface area contributed by atoms with Crippen molar-refractivity contribution in [2.24, 2.45) is 0 Å². The number of allylic oxidation sites excluding steroid dienone is 1. The van der Waals surface area contributed by atoms with E-state index in [-0.39, 0.29) is 0 Å². The van der Waals surface area contributed by atoms with E-state index < -0.39 is 0 Å². The summed E-state index contributed by atoms with van der Waals surface area (Å²) < 4.78 is 2.32. The van der Waals surface area contributed by atoms with Crippen molar-refractivity contribution in [3.8, 4) is 50.2 Å². The van der Waals surface area contributed by atoms with Crippen molar-refractivity contribution in [2.75, 3.05) is 4.90 Å². The smallest absolute Gasteiger partial charge is 0.0541 e. The Morgan fingerprint density at radius 3 is 1.30 bits per heavy atom. The minimum absolute atomic E-state index is 1.09. The van der Waals surface area contributed by atoms with Crippen molar-refractivity contribution in [2.45, 2.75) is 6.92 Å². The second-order valence-corrected chi connectivity index (χ2v) is 14.2. The number of hydrogen-bond donors (Lipinski definition) is 0. The average molecular weight is 731 g/mol. The van der Waals surface area contributed by atoms with E-state index in [9.17, 15) is 0 Å². The summed E-state index contributed by atoms with van der Waals surface area (Å²) in [5.74, 6) is 0. The van der Waals surface area contributed by atoms with Gasteiger partial charge in [0.2, 0.25) is 0 Å². The molecule has 0 unspecified atom stereocenters. The molecule has 0 saturated carbocycles. The third-order valence-electron chi connectivity index (χ3n) is 10.7. The molecule has 1 heterocycles. The van der Waals surface area contributed by atoms with E-state index >= 15 is 0 Å². The average Bonchev–Trinajstić information content (AvgIpc) is 3.61. The lowest BCUT2D eigenvalue weighted by Gasteiger charge is -2.26. The zero-order chi connectivity index (χ0) is 38.6. The molecule has 0 atom stereocenters. The summed E-state index contributed by atoms with van der Waals surface area (Å²) in [6.07, 6.45) is 6.24. The Morgan fingerprint density at radius 2 is 0.825 bits per heavy atom. The summed E-state index contributed by atoms with van der Waals surface area (Å²) in [4.78, 5) is 2.34. The predicted octanol–water partition coefficient (Wildman–Crippen LogP) is 15.4. The Hall–Kier alpha value is -7.42. The number of benzene rings is 8. The van der Waals surface area contributed by atoms with Gasteiger partial charge in [0, 0.05) is 33.7 Å². The van der Waals surface area contributed by atoms with Gasteiger partial charge in [0.15, 0.2) is 0 Å². The molecular formula is C55H42N2. The number of aromatic nitrogens is 1. The highest BCUT2D eigenvalue weighted by molar-refractivity contribution is 5.95. The normalized spacial score (nSPS) is 11.2. The number of anilines is 3. The first-order valence-electron chi connectivity index (χ1n) is 19.5. The molecule has 0 aliphatic carbocycles. The van der Waals surface area contributed by atoms with Crippen LogP contribution in [0.25, 0.3) is 73.2 Å². The fourth-order valence-electron chi connectivity index (χ4n) is 7.90. The molecule has 0 spiro atoms. The number of hydrogen-bond acceptors (Lipinski definition) is 1. The summed E-state index contributed by atoms with van der Waals surface area (Å²) in [5, 5.41) is 1.21. The Labute approximate surface area is 335 Å². The van der Waals surface area contributed by atoms with Gasteiger partial charge in [-0.2, -0.15) is 0 Å². The Morgan fingerprint density at radius 1 is 0.421 bits per heavy atom. The summed E-state index contributed by atoms with van der Waals surface area (Å²) in [7, 11) is 0. The second-order valence-electron chi connectivity index (χ2n) is 14.2. The van der Waals surface area contributed by atoms with Gasteiger partial charge in [-0.3, -0.25) is 0 Å². The first-order chi connectivity index (χ1) is 28.2. The van der Waals surface area contributed by atoms with Crippen molar-refractivity contribution in [1.82, 2.24) is 4.57 Å². The molecule has 0 N–H and O–H groups in total. The van der Waals surface area contributed by atoms with Crippen LogP contribution in [0.15, 0.2) is 219 Å². The molecule has 9 aromatic rings. The SMILES string of the molecule is C=Cc1c(/C=C\C)c2ccccc2n1-c1cccc(-c2ccc(N(c3ccc(-c4ccccc4)cc3)c3ccc(-c4ccc(-c5ccccc5)cc4)cc3)cc2)c1. The van der Waals surface area contributed by atoms with Gasteiger partial charge >= 0.3 is 0 Å². The van der Waals surface area contributed by atoms with Gasteiger partial charge in [0.05, 0.1) is 11.2 Å². The van der Waals surface area contributed by atoms with Gasteiger partial charge < -0.3 is 9.47 Å². The number of nitrogens with zero attached hydrogens (tertiary/aromatic N) is 2. The molecule has 9 rings (SSSR count). The second kappa shape index (κ2) is 15.7. The lowest BCUT2D eigenvalue weighted by atomic mass is 10.00. The standard InChI is InChI=1S/C55H42N2/c1-3-14-52-53-21-11-12-22-55(53)57(54(52)4-2)51-20-13-19-47(39-51)46-31-37-50(38-32-46)56(48-33-27-44(28-34-48)41-17-9-6-10-18-41)49-35-29-45(30-36-49)43-25-23-42(24-26-43)40-15-7-5-8-16-40/h3-39H,2H2,1H3/b14-3-. The van der Waals surface area contributed by atoms with Crippen molar-refractivity contribution in [3.05, 3.63) is 230 Å². The lowest BCUT2D eigenvalue weighted by Crippen LogP contribution is -2.09. The van der Waals surface area contributed by atoms with E-state index in [0.717, 1.165) is 45.1 Å². The topological polar surface area (TPSA) is 8.17 Å². The van der Waals surface area contributed by atoms with Gasteiger partial charge in [-0.05, 0) is 112 Å². The molecular weight excluding hydrogens is 689 g/mol. The third kappa shape index (κ3) is 7.01. The van der Waals surface area contributed by atoms with Crippen LogP contribution in [0.5, 0.6) is 0 Å². The zero-order valence-electron chi connectivity index (χ0n) is 32.0. The zero-order valence-corrected chi connectivity index (χ0v) is 32.0. The molecule has 2 heteroatoms. The van der Waals surface area contributed by atoms with Gasteiger partial charge in [0.1, 0.15) is 0 Å². The van der Waals surface area contributed by atoms with E-state index in [0.29, 0.717) is 0 Å². The van der Waals surface area contributed by atoms with Crippen LogP contribution in [0.1, 0.15) is 18.2 Å². The summed E-state index contributed by atoms with van der Waals surface area (Å²) >= 11 is 0. The van der Waals surface area contributed by atoms with Crippen LogP contribution in [-0.2, 0) is 0 Å². The van der Waals surface area contributed by atoms with Crippen LogP contribution in [0, 0.1) is 0 Å². The molecule has 0 aliphatic heterocycles. The highest BCUT2D eigenvalue weighted by Gasteiger charge is 2.17. The molecule has 0 aliphatic rings. The summed E-state index contributed by atoms with van der Waals surface area (Å²) in [5.41, 5.74) is 17.3. The van der Waals surface area contributed by atoms with Crippen molar-refractivity contribution in [1.29, 1.82) is 0 Å². The monoisotopic (exact) mass is 730 g/mol. The molecule has 0 amide bonds. The van der Waals surface area contributed by atoms with Gasteiger partial charge in [-0.25, -0.2) is 0 Å². The molecule has 272 valence electrons. The summed E-state index contributed by atoms with van der Waals surface area (Å²) in [6, 6.07) is 74.0. The van der Waals surface area contributed by atoms with Gasteiger partial charge in [-0.15, -0.1) is 0 Å². The van der Waals surface area contributed by atoms with Crippen molar-refractivity contribution >= 4 is 40.1 Å². The van der Waals surface area contributed by atoms with E-state index in [1.54, 1.807) is 0 Å². The van der Waals surface area contributed by atoms with Gasteiger partial charge in [-0.1, -0.05) is 170 Å². The number of fused-ring (bicyclic) bond motifs is 1. The summed E-state index contributed by atoms with van der Waals surface area (Å²) in [6.45, 7) is 6.27. The van der Waals surface area contributed by atoms with Crippen LogP contribution < -0.4 is 4.90 Å². The quantitative estimate of drug-likeness (QED) is 0.136. The van der Waals surface area contributed by atoms with Gasteiger partial charge in [0.25, 0.3) is 0 Å². The molecule has 8 aromatic carbocycles. The highest BCUT2D eigenvalue weighted by atomic mass is 15.1. The Bertz CT molecular complexity index is 2810. The number of para-hydroxylation sites is 1. The number of rotatable bonds is 10.